The molecule has 0 fully saturated rings. The zero-order valence-corrected chi connectivity index (χ0v) is 11.3. The predicted octanol–water partition coefficient (Wildman–Crippen LogP) is 3.00. The highest BCUT2D eigenvalue weighted by atomic mass is 35.5. The Morgan fingerprint density at radius 3 is 2.10 bits per heavy atom. The molecule has 3 nitrogen and oxygen atoms in total. The number of hydrogen-bond donors (Lipinski definition) is 1. The zero-order chi connectivity index (χ0) is 14.2. The molecule has 4 heteroatoms. The van der Waals surface area contributed by atoms with Crippen molar-refractivity contribution in [3.05, 3.63) is 77.3 Å². The van der Waals surface area contributed by atoms with Crippen molar-refractivity contribution in [2.75, 3.05) is 4.90 Å². The lowest BCUT2D eigenvalue weighted by Gasteiger charge is -2.34. The molecule has 0 aliphatic carbocycles. The predicted molar refractivity (Wildman–Crippen MR) is 78.2 cm³/mol. The summed E-state index contributed by atoms with van der Waals surface area (Å²) < 4.78 is 0. The molecule has 1 atom stereocenters. The molecule has 0 radical (unpaired) electrons. The second-order valence-corrected chi connectivity index (χ2v) is 4.95. The fourth-order valence-electron chi connectivity index (χ4n) is 2.37. The summed E-state index contributed by atoms with van der Waals surface area (Å²) in [7, 11) is 0. The van der Waals surface area contributed by atoms with E-state index in [0.717, 1.165) is 0 Å². The summed E-state index contributed by atoms with van der Waals surface area (Å²) in [4.78, 5) is 13.5. The maximum atomic E-state index is 12.2. The minimum atomic E-state index is -1.65. The highest BCUT2D eigenvalue weighted by Gasteiger charge is 2.47. The summed E-state index contributed by atoms with van der Waals surface area (Å²) in [5.74, 6) is -0.340. The molecule has 20 heavy (non-hydrogen) atoms. The SMILES string of the molecule is O=C1C=C(Cl)C(O)(c2ccccc2)N1c1ccccc1. The first-order valence-corrected chi connectivity index (χ1v) is 6.56. The monoisotopic (exact) mass is 285 g/mol. The second-order valence-electron chi connectivity index (χ2n) is 4.54. The van der Waals surface area contributed by atoms with Gasteiger partial charge in [-0.15, -0.1) is 0 Å². The van der Waals surface area contributed by atoms with E-state index < -0.39 is 5.72 Å². The van der Waals surface area contributed by atoms with Crippen LogP contribution in [0.25, 0.3) is 0 Å². The van der Waals surface area contributed by atoms with E-state index in [2.05, 4.69) is 0 Å². The van der Waals surface area contributed by atoms with E-state index in [4.69, 9.17) is 11.6 Å². The van der Waals surface area contributed by atoms with Gasteiger partial charge in [-0.3, -0.25) is 9.69 Å². The molecule has 1 unspecified atom stereocenters. The Morgan fingerprint density at radius 2 is 1.50 bits per heavy atom. The van der Waals surface area contributed by atoms with Crippen molar-refractivity contribution in [3.63, 3.8) is 0 Å². The average Bonchev–Trinajstić information content (AvgIpc) is 2.72. The quantitative estimate of drug-likeness (QED) is 0.921. The molecule has 1 aliphatic heterocycles. The van der Waals surface area contributed by atoms with Crippen LogP contribution >= 0.6 is 11.6 Å². The van der Waals surface area contributed by atoms with Crippen LogP contribution < -0.4 is 4.90 Å². The van der Waals surface area contributed by atoms with Crippen LogP contribution in [0.2, 0.25) is 0 Å². The van der Waals surface area contributed by atoms with Gasteiger partial charge in [0.1, 0.15) is 0 Å². The third-order valence-electron chi connectivity index (χ3n) is 3.32. The van der Waals surface area contributed by atoms with E-state index in [-0.39, 0.29) is 10.9 Å². The highest BCUT2D eigenvalue weighted by molar-refractivity contribution is 6.35. The van der Waals surface area contributed by atoms with Crippen LogP contribution in [0.15, 0.2) is 71.8 Å². The third-order valence-corrected chi connectivity index (χ3v) is 3.69. The van der Waals surface area contributed by atoms with Gasteiger partial charge in [-0.25, -0.2) is 0 Å². The van der Waals surface area contributed by atoms with Crippen molar-refractivity contribution in [2.24, 2.45) is 0 Å². The van der Waals surface area contributed by atoms with Gasteiger partial charge in [0.2, 0.25) is 5.72 Å². The molecule has 1 heterocycles. The summed E-state index contributed by atoms with van der Waals surface area (Å²) in [6, 6.07) is 17.9. The second kappa shape index (κ2) is 4.78. The Morgan fingerprint density at radius 1 is 0.950 bits per heavy atom. The van der Waals surface area contributed by atoms with Gasteiger partial charge in [0, 0.05) is 17.3 Å². The van der Waals surface area contributed by atoms with E-state index in [1.807, 2.05) is 12.1 Å². The van der Waals surface area contributed by atoms with Crippen LogP contribution in [-0.2, 0) is 10.5 Å². The first-order chi connectivity index (χ1) is 9.64. The molecular formula is C16H12ClNO2. The lowest BCUT2D eigenvalue weighted by molar-refractivity contribution is -0.116. The number of carbonyl (C=O) groups is 1. The molecule has 3 rings (SSSR count). The molecule has 0 bridgehead atoms. The van der Waals surface area contributed by atoms with Crippen molar-refractivity contribution in [2.45, 2.75) is 5.72 Å². The molecule has 2 aromatic rings. The summed E-state index contributed by atoms with van der Waals surface area (Å²) in [5.41, 5.74) is -0.506. The summed E-state index contributed by atoms with van der Waals surface area (Å²) in [6.45, 7) is 0. The Kier molecular flexibility index (Phi) is 3.08. The minimum Gasteiger partial charge on any atom is -0.362 e. The van der Waals surface area contributed by atoms with E-state index >= 15 is 0 Å². The standard InChI is InChI=1S/C16H12ClNO2/c17-14-11-15(19)18(13-9-5-2-6-10-13)16(14,20)12-7-3-1-4-8-12/h1-11,20H. The number of amides is 1. The van der Waals surface area contributed by atoms with E-state index in [1.54, 1.807) is 48.5 Å². The zero-order valence-electron chi connectivity index (χ0n) is 10.5. The molecular weight excluding hydrogens is 274 g/mol. The molecule has 100 valence electrons. The number of aliphatic hydroxyl groups is 1. The van der Waals surface area contributed by atoms with Gasteiger partial charge < -0.3 is 5.11 Å². The third kappa shape index (κ3) is 1.83. The smallest absolute Gasteiger partial charge is 0.255 e. The first-order valence-electron chi connectivity index (χ1n) is 6.19. The number of hydrogen-bond acceptors (Lipinski definition) is 2. The molecule has 1 amide bonds. The molecule has 1 N–H and O–H groups in total. The van der Waals surface area contributed by atoms with Gasteiger partial charge in [-0.2, -0.15) is 0 Å². The van der Waals surface area contributed by atoms with Gasteiger partial charge in [-0.05, 0) is 12.1 Å². The van der Waals surface area contributed by atoms with Crippen molar-refractivity contribution in [3.8, 4) is 0 Å². The van der Waals surface area contributed by atoms with E-state index in [1.165, 1.54) is 11.0 Å². The van der Waals surface area contributed by atoms with Crippen molar-refractivity contribution < 1.29 is 9.90 Å². The maximum Gasteiger partial charge on any atom is 0.255 e. The number of anilines is 1. The molecule has 1 aliphatic rings. The van der Waals surface area contributed by atoms with Crippen LogP contribution in [0.3, 0.4) is 0 Å². The maximum absolute atomic E-state index is 12.2. The van der Waals surface area contributed by atoms with Gasteiger partial charge in [-0.1, -0.05) is 60.1 Å². The van der Waals surface area contributed by atoms with Gasteiger partial charge in [0.15, 0.2) is 0 Å². The topological polar surface area (TPSA) is 40.5 Å². The number of benzene rings is 2. The van der Waals surface area contributed by atoms with Crippen LogP contribution in [-0.4, -0.2) is 11.0 Å². The Labute approximate surface area is 121 Å². The normalized spacial score (nSPS) is 22.0. The lowest BCUT2D eigenvalue weighted by Crippen LogP contribution is -2.45. The van der Waals surface area contributed by atoms with Crippen LogP contribution in [0.5, 0.6) is 0 Å². The van der Waals surface area contributed by atoms with Crippen molar-refractivity contribution in [1.82, 2.24) is 0 Å². The summed E-state index contributed by atoms with van der Waals surface area (Å²) >= 11 is 6.14. The number of nitrogens with zero attached hydrogens (tertiary/aromatic N) is 1. The average molecular weight is 286 g/mol. The minimum absolute atomic E-state index is 0.0950. The van der Waals surface area contributed by atoms with Gasteiger partial charge in [0.05, 0.1) is 5.03 Å². The Hall–Kier alpha value is -2.10. The Balaban J connectivity index is 2.16. The molecule has 2 aromatic carbocycles. The molecule has 0 aromatic heterocycles. The van der Waals surface area contributed by atoms with Crippen LogP contribution in [0, 0.1) is 0 Å². The number of para-hydroxylation sites is 1. The van der Waals surface area contributed by atoms with Gasteiger partial charge >= 0.3 is 0 Å². The van der Waals surface area contributed by atoms with Crippen LogP contribution in [0.1, 0.15) is 5.56 Å². The van der Waals surface area contributed by atoms with Crippen molar-refractivity contribution >= 4 is 23.2 Å². The van der Waals surface area contributed by atoms with E-state index in [9.17, 15) is 9.90 Å². The lowest BCUT2D eigenvalue weighted by atomic mass is 10.0. The van der Waals surface area contributed by atoms with Crippen molar-refractivity contribution in [1.29, 1.82) is 0 Å². The van der Waals surface area contributed by atoms with Gasteiger partial charge in [0.25, 0.3) is 5.91 Å². The molecule has 0 spiro atoms. The summed E-state index contributed by atoms with van der Waals surface area (Å²) in [5, 5.41) is 11.1. The molecule has 0 saturated carbocycles. The summed E-state index contributed by atoms with van der Waals surface area (Å²) in [6.07, 6.45) is 1.25. The number of carbonyl (C=O) groups excluding carboxylic acids is 1. The van der Waals surface area contributed by atoms with Crippen LogP contribution in [0.4, 0.5) is 5.69 Å². The number of rotatable bonds is 2. The fourth-order valence-corrected chi connectivity index (χ4v) is 2.66. The molecule has 0 saturated heterocycles. The first kappa shape index (κ1) is 12.9. The Bertz CT molecular complexity index is 669. The fraction of sp³-hybridized carbons (Fsp3) is 0.0625. The van der Waals surface area contributed by atoms with E-state index in [0.29, 0.717) is 11.3 Å². The highest BCUT2D eigenvalue weighted by Crippen LogP contribution is 2.43. The number of halogens is 1. The largest absolute Gasteiger partial charge is 0.362 e.